The quantitative estimate of drug-likeness (QED) is 0.291. The van der Waals surface area contributed by atoms with Crippen LogP contribution in [0.15, 0.2) is 42.5 Å². The number of hydrogen-bond donors (Lipinski definition) is 1. The first-order valence-electron chi connectivity index (χ1n) is 14.2. The van der Waals surface area contributed by atoms with Crippen molar-refractivity contribution in [2.75, 3.05) is 20.3 Å². The highest BCUT2D eigenvalue weighted by Crippen LogP contribution is 2.48. The first-order chi connectivity index (χ1) is 19.0. The summed E-state index contributed by atoms with van der Waals surface area (Å²) in [7, 11) is 1.69. The molecule has 2 fully saturated rings. The van der Waals surface area contributed by atoms with Crippen molar-refractivity contribution in [2.45, 2.75) is 69.9 Å². The van der Waals surface area contributed by atoms with E-state index < -0.39 is 12.1 Å². The zero-order chi connectivity index (χ0) is 26.9. The Kier molecular flexibility index (Phi) is 7.17. The van der Waals surface area contributed by atoms with E-state index in [1.54, 1.807) is 13.2 Å². The van der Waals surface area contributed by atoms with E-state index in [0.29, 0.717) is 37.5 Å². The van der Waals surface area contributed by atoms with Gasteiger partial charge in [0.25, 0.3) is 0 Å². The van der Waals surface area contributed by atoms with Crippen molar-refractivity contribution in [1.82, 2.24) is 9.88 Å². The van der Waals surface area contributed by atoms with Gasteiger partial charge in [0.1, 0.15) is 5.75 Å². The molecule has 2 aliphatic heterocycles. The molecule has 1 saturated carbocycles. The molecule has 2 aromatic carbocycles. The third kappa shape index (κ3) is 4.96. The zero-order valence-electron chi connectivity index (χ0n) is 22.7. The van der Waals surface area contributed by atoms with Crippen molar-refractivity contribution >= 4 is 29.0 Å². The lowest BCUT2D eigenvalue weighted by atomic mass is 9.81. The average molecular weight is 529 g/mol. The summed E-state index contributed by atoms with van der Waals surface area (Å²) >= 11 is 0. The molecule has 1 unspecified atom stereocenters. The van der Waals surface area contributed by atoms with Crippen LogP contribution in [0.2, 0.25) is 0 Å². The van der Waals surface area contributed by atoms with Gasteiger partial charge in [-0.2, -0.15) is 0 Å². The van der Waals surface area contributed by atoms with Crippen LogP contribution in [0.5, 0.6) is 5.75 Å². The van der Waals surface area contributed by atoms with Crippen molar-refractivity contribution in [1.29, 1.82) is 0 Å². The number of carbonyl (C=O) groups excluding carboxylic acids is 2. The second kappa shape index (κ2) is 10.9. The van der Waals surface area contributed by atoms with Crippen molar-refractivity contribution in [3.8, 4) is 17.0 Å². The van der Waals surface area contributed by atoms with Gasteiger partial charge in [0.05, 0.1) is 23.9 Å². The molecular weight excluding hydrogens is 492 g/mol. The predicted octanol–water partition coefficient (Wildman–Crippen LogP) is 7.00. The predicted molar refractivity (Wildman–Crippen MR) is 151 cm³/mol. The van der Waals surface area contributed by atoms with Crippen LogP contribution in [0, 0.1) is 0 Å². The second-order valence-electron chi connectivity index (χ2n) is 11.0. The Labute approximate surface area is 229 Å². The number of fused-ring (bicyclic) bond motifs is 5. The molecule has 1 atom stereocenters. The molecule has 0 bridgehead atoms. The summed E-state index contributed by atoms with van der Waals surface area (Å²) in [4.78, 5) is 25.6. The summed E-state index contributed by atoms with van der Waals surface area (Å²) < 4.78 is 18.5. The van der Waals surface area contributed by atoms with Crippen LogP contribution in [0.4, 0.5) is 4.79 Å². The number of amides is 1. The van der Waals surface area contributed by atoms with E-state index in [1.807, 2.05) is 18.2 Å². The lowest BCUT2D eigenvalue weighted by Gasteiger charge is -2.24. The maximum Gasteiger partial charge on any atom is 0.415 e. The maximum absolute atomic E-state index is 13.1. The Balaban J connectivity index is 1.42. The highest BCUT2D eigenvalue weighted by atomic mass is 16.6. The lowest BCUT2D eigenvalue weighted by Crippen LogP contribution is -2.39. The molecule has 3 heterocycles. The maximum atomic E-state index is 13.1. The third-order valence-corrected chi connectivity index (χ3v) is 8.50. The number of carbonyl (C=O) groups is 2. The van der Waals surface area contributed by atoms with Gasteiger partial charge in [-0.15, -0.1) is 0 Å². The summed E-state index contributed by atoms with van der Waals surface area (Å²) in [6, 6.07) is 12.1. The molecular formula is C32H36N2O5. The number of methoxy groups -OCH3 is 1. The van der Waals surface area contributed by atoms with Gasteiger partial charge in [-0.3, -0.25) is 0 Å². The van der Waals surface area contributed by atoms with Gasteiger partial charge in [0, 0.05) is 36.2 Å². The number of aromatic nitrogens is 1. The summed E-state index contributed by atoms with van der Waals surface area (Å²) in [6.45, 7) is 3.38. The van der Waals surface area contributed by atoms with Crippen LogP contribution >= 0.6 is 0 Å². The highest BCUT2D eigenvalue weighted by molar-refractivity contribution is 6.02. The largest absolute Gasteiger partial charge is 0.497 e. The molecule has 7 heteroatoms. The number of nitrogens with zero attached hydrogens (tertiary/aromatic N) is 1. The van der Waals surface area contributed by atoms with E-state index in [-0.39, 0.29) is 12.1 Å². The molecule has 204 valence electrons. The van der Waals surface area contributed by atoms with E-state index in [1.165, 1.54) is 41.5 Å². The Bertz CT molecular complexity index is 1430. The van der Waals surface area contributed by atoms with Gasteiger partial charge < -0.3 is 24.1 Å². The van der Waals surface area contributed by atoms with Crippen molar-refractivity contribution in [3.05, 3.63) is 59.2 Å². The molecule has 7 nitrogen and oxygen atoms in total. The van der Waals surface area contributed by atoms with Crippen LogP contribution in [0.3, 0.4) is 0 Å². The zero-order valence-corrected chi connectivity index (χ0v) is 22.7. The summed E-state index contributed by atoms with van der Waals surface area (Å²) in [5.74, 6) is 0.651. The average Bonchev–Trinajstić information content (AvgIpc) is 3.23. The monoisotopic (exact) mass is 528 g/mol. The molecule has 39 heavy (non-hydrogen) atoms. The fourth-order valence-electron chi connectivity index (χ4n) is 6.50. The number of alkyl carbamates (subject to hydrolysis) is 1. The van der Waals surface area contributed by atoms with Crippen LogP contribution in [0.25, 0.3) is 28.2 Å². The Morgan fingerprint density at radius 1 is 1.00 bits per heavy atom. The minimum Gasteiger partial charge on any atom is -0.497 e. The molecule has 1 saturated heterocycles. The summed E-state index contributed by atoms with van der Waals surface area (Å²) in [5, 5.41) is 3.97. The van der Waals surface area contributed by atoms with E-state index in [9.17, 15) is 9.59 Å². The van der Waals surface area contributed by atoms with Gasteiger partial charge in [-0.25, -0.2) is 9.59 Å². The minimum atomic E-state index is -0.706. The van der Waals surface area contributed by atoms with Gasteiger partial charge in [0.15, 0.2) is 0 Å². The van der Waals surface area contributed by atoms with Crippen LogP contribution in [-0.2, 0) is 9.47 Å². The van der Waals surface area contributed by atoms with Crippen molar-refractivity contribution in [2.24, 2.45) is 0 Å². The number of allylic oxidation sites excluding steroid dienone is 1. The number of benzene rings is 2. The fraction of sp³-hybridized carbons (Fsp3) is 0.438. The number of ether oxygens (including phenoxy) is 3. The van der Waals surface area contributed by atoms with E-state index in [4.69, 9.17) is 14.2 Å². The summed E-state index contributed by atoms with van der Waals surface area (Å²) in [5.41, 5.74) is 6.25. The van der Waals surface area contributed by atoms with Gasteiger partial charge in [0.2, 0.25) is 0 Å². The Hall–Kier alpha value is -3.58. The molecule has 1 amide bonds. The van der Waals surface area contributed by atoms with Crippen LogP contribution in [0.1, 0.15) is 85.3 Å². The third-order valence-electron chi connectivity index (χ3n) is 8.50. The van der Waals surface area contributed by atoms with Crippen molar-refractivity contribution < 1.29 is 23.8 Å². The van der Waals surface area contributed by atoms with E-state index >= 15 is 0 Å². The SMILES string of the molecule is COc1ccc2c(c1)C=CC(C)n1c-2c(C2CCCCC2)c2ccc(C(=O)OC(=O)NC3CCOCC3)cc21. The van der Waals surface area contributed by atoms with Crippen molar-refractivity contribution in [3.63, 3.8) is 0 Å². The van der Waals surface area contributed by atoms with Crippen LogP contribution < -0.4 is 10.1 Å². The number of nitrogens with one attached hydrogen (secondary N) is 1. The van der Waals surface area contributed by atoms with Gasteiger partial charge >= 0.3 is 12.1 Å². The number of hydrogen-bond acceptors (Lipinski definition) is 5. The molecule has 6 rings (SSSR count). The molecule has 1 aliphatic carbocycles. The number of esters is 1. The van der Waals surface area contributed by atoms with E-state index in [2.05, 4.69) is 41.1 Å². The Morgan fingerprint density at radius 3 is 2.56 bits per heavy atom. The standard InChI is InChI=1S/C32H36N2O5/c1-20-8-9-22-18-25(37-2)11-13-26(22)30-29(21-6-4-3-5-7-21)27-12-10-23(19-28(27)34(20)30)31(35)39-32(36)33-24-14-16-38-17-15-24/h8-13,18-21,24H,3-7,14-17H2,1-2H3,(H,33,36). The molecule has 1 aromatic heterocycles. The molecule has 0 spiro atoms. The van der Waals surface area contributed by atoms with E-state index in [0.717, 1.165) is 29.7 Å². The van der Waals surface area contributed by atoms with Gasteiger partial charge in [-0.05, 0) is 80.0 Å². The highest BCUT2D eigenvalue weighted by Gasteiger charge is 2.30. The number of rotatable bonds is 4. The van der Waals surface area contributed by atoms with Crippen LogP contribution in [-0.4, -0.2) is 43.0 Å². The lowest BCUT2D eigenvalue weighted by molar-refractivity contribution is 0.0570. The fourth-order valence-corrected chi connectivity index (χ4v) is 6.50. The molecule has 3 aliphatic rings. The normalized spacial score (nSPS) is 19.7. The second-order valence-corrected chi connectivity index (χ2v) is 11.0. The molecule has 1 N–H and O–H groups in total. The Morgan fingerprint density at radius 2 is 1.79 bits per heavy atom. The summed E-state index contributed by atoms with van der Waals surface area (Å²) in [6.07, 6.45) is 11.2. The molecule has 0 radical (unpaired) electrons. The minimum absolute atomic E-state index is 0.0349. The topological polar surface area (TPSA) is 78.8 Å². The smallest absolute Gasteiger partial charge is 0.415 e. The first-order valence-corrected chi connectivity index (χ1v) is 14.2. The first kappa shape index (κ1) is 25.7. The van der Waals surface area contributed by atoms with Gasteiger partial charge in [-0.1, -0.05) is 37.5 Å². The molecule has 3 aromatic rings.